The van der Waals surface area contributed by atoms with Gasteiger partial charge in [-0.05, 0) is 57.4 Å². The first kappa shape index (κ1) is 14.3. The number of likely N-dealkylation sites (tertiary alicyclic amines) is 1. The fourth-order valence-corrected chi connectivity index (χ4v) is 4.03. The van der Waals surface area contributed by atoms with Gasteiger partial charge in [-0.25, -0.2) is 0 Å². The van der Waals surface area contributed by atoms with Gasteiger partial charge in [-0.3, -0.25) is 4.90 Å². The van der Waals surface area contributed by atoms with Gasteiger partial charge in [0.1, 0.15) is 0 Å². The van der Waals surface area contributed by atoms with Gasteiger partial charge in [-0.1, -0.05) is 20.8 Å². The third-order valence-electron chi connectivity index (χ3n) is 5.54. The summed E-state index contributed by atoms with van der Waals surface area (Å²) in [6.45, 7) is 12.0. The number of rotatable bonds is 3. The molecule has 0 aromatic carbocycles. The van der Waals surface area contributed by atoms with Gasteiger partial charge in [0.2, 0.25) is 0 Å². The van der Waals surface area contributed by atoms with Gasteiger partial charge >= 0.3 is 0 Å². The summed E-state index contributed by atoms with van der Waals surface area (Å²) in [5, 5.41) is 3.67. The maximum Gasteiger partial charge on any atom is 0.0120 e. The van der Waals surface area contributed by atoms with Crippen LogP contribution < -0.4 is 5.32 Å². The van der Waals surface area contributed by atoms with E-state index in [1.165, 1.54) is 38.6 Å². The molecule has 0 amide bonds. The lowest BCUT2D eigenvalue weighted by Crippen LogP contribution is -2.56. The Bertz CT molecular complexity index is 245. The maximum atomic E-state index is 3.67. The van der Waals surface area contributed by atoms with Crippen molar-refractivity contribution in [1.29, 1.82) is 0 Å². The Morgan fingerprint density at radius 1 is 1.00 bits per heavy atom. The summed E-state index contributed by atoms with van der Waals surface area (Å²) in [6.07, 6.45) is 7.09. The largest absolute Gasteiger partial charge is 0.314 e. The molecule has 3 unspecified atom stereocenters. The Labute approximate surface area is 114 Å². The molecule has 1 N–H and O–H groups in total. The van der Waals surface area contributed by atoms with Crippen LogP contribution in [0.1, 0.15) is 59.8 Å². The van der Waals surface area contributed by atoms with Crippen LogP contribution in [0.15, 0.2) is 0 Å². The highest BCUT2D eigenvalue weighted by molar-refractivity contribution is 4.92. The molecule has 0 aromatic heterocycles. The highest BCUT2D eigenvalue weighted by Crippen LogP contribution is 2.33. The molecule has 1 saturated heterocycles. The van der Waals surface area contributed by atoms with Crippen molar-refractivity contribution < 1.29 is 0 Å². The lowest BCUT2D eigenvalue weighted by Gasteiger charge is -2.48. The first-order valence-corrected chi connectivity index (χ1v) is 8.12. The van der Waals surface area contributed by atoms with Crippen molar-refractivity contribution in [3.63, 3.8) is 0 Å². The standard InChI is InChI=1S/C16H32N2/c1-5-17-16-10-11-18(14(4)13(16)3)15-8-6-12(2)7-9-15/h12-17H,5-11H2,1-4H3. The predicted octanol–water partition coefficient (Wildman–Crippen LogP) is 3.27. The highest BCUT2D eigenvalue weighted by atomic mass is 15.2. The van der Waals surface area contributed by atoms with Crippen LogP contribution in [0.3, 0.4) is 0 Å². The zero-order valence-electron chi connectivity index (χ0n) is 12.8. The van der Waals surface area contributed by atoms with Gasteiger partial charge in [0.15, 0.2) is 0 Å². The Balaban J connectivity index is 1.91. The van der Waals surface area contributed by atoms with E-state index in [4.69, 9.17) is 0 Å². The number of hydrogen-bond acceptors (Lipinski definition) is 2. The summed E-state index contributed by atoms with van der Waals surface area (Å²) in [5.74, 6) is 1.76. The SMILES string of the molecule is CCNC1CCN(C2CCC(C)CC2)C(C)C1C. The zero-order valence-corrected chi connectivity index (χ0v) is 12.8. The summed E-state index contributed by atoms with van der Waals surface area (Å²) in [5.41, 5.74) is 0. The summed E-state index contributed by atoms with van der Waals surface area (Å²) in [7, 11) is 0. The van der Waals surface area contributed by atoms with Gasteiger partial charge < -0.3 is 5.32 Å². The predicted molar refractivity (Wildman–Crippen MR) is 78.8 cm³/mol. The van der Waals surface area contributed by atoms with Crippen molar-refractivity contribution in [1.82, 2.24) is 10.2 Å². The monoisotopic (exact) mass is 252 g/mol. The second kappa shape index (κ2) is 6.38. The molecular weight excluding hydrogens is 220 g/mol. The van der Waals surface area contributed by atoms with Crippen LogP contribution in [-0.2, 0) is 0 Å². The van der Waals surface area contributed by atoms with Crippen LogP contribution in [0, 0.1) is 11.8 Å². The van der Waals surface area contributed by atoms with Crippen LogP contribution in [0.2, 0.25) is 0 Å². The average Bonchev–Trinajstić information content (AvgIpc) is 2.37. The first-order chi connectivity index (χ1) is 8.63. The number of hydrogen-bond donors (Lipinski definition) is 1. The normalized spacial score (nSPS) is 43.0. The molecule has 18 heavy (non-hydrogen) atoms. The quantitative estimate of drug-likeness (QED) is 0.829. The Kier molecular flexibility index (Phi) is 5.08. The van der Waals surface area contributed by atoms with E-state index in [2.05, 4.69) is 37.9 Å². The molecule has 1 heterocycles. The summed E-state index contributed by atoms with van der Waals surface area (Å²) >= 11 is 0. The van der Waals surface area contributed by atoms with Gasteiger partial charge in [-0.2, -0.15) is 0 Å². The van der Waals surface area contributed by atoms with E-state index in [9.17, 15) is 0 Å². The average molecular weight is 252 g/mol. The van der Waals surface area contributed by atoms with E-state index in [0.717, 1.165) is 36.5 Å². The topological polar surface area (TPSA) is 15.3 Å². The van der Waals surface area contributed by atoms with Crippen molar-refractivity contribution in [3.8, 4) is 0 Å². The second-order valence-corrected chi connectivity index (χ2v) is 6.70. The van der Waals surface area contributed by atoms with Crippen molar-refractivity contribution >= 4 is 0 Å². The van der Waals surface area contributed by atoms with E-state index in [0.29, 0.717) is 0 Å². The van der Waals surface area contributed by atoms with Gasteiger partial charge in [0, 0.05) is 24.7 Å². The van der Waals surface area contributed by atoms with E-state index >= 15 is 0 Å². The Hall–Kier alpha value is -0.0800. The van der Waals surface area contributed by atoms with Crippen molar-refractivity contribution in [2.24, 2.45) is 11.8 Å². The lowest BCUT2D eigenvalue weighted by molar-refractivity contribution is 0.0272. The number of piperidine rings is 1. The van der Waals surface area contributed by atoms with Crippen LogP contribution in [0.25, 0.3) is 0 Å². The van der Waals surface area contributed by atoms with E-state index in [1.54, 1.807) is 0 Å². The molecule has 1 aliphatic heterocycles. The maximum absolute atomic E-state index is 3.67. The van der Waals surface area contributed by atoms with Gasteiger partial charge in [0.25, 0.3) is 0 Å². The van der Waals surface area contributed by atoms with E-state index in [1.807, 2.05) is 0 Å². The number of nitrogens with one attached hydrogen (secondary N) is 1. The van der Waals surface area contributed by atoms with Crippen LogP contribution in [-0.4, -0.2) is 36.1 Å². The molecule has 106 valence electrons. The third-order valence-corrected chi connectivity index (χ3v) is 5.54. The summed E-state index contributed by atoms with van der Waals surface area (Å²) < 4.78 is 0. The molecule has 2 nitrogen and oxygen atoms in total. The molecule has 1 aliphatic carbocycles. The second-order valence-electron chi connectivity index (χ2n) is 6.70. The minimum absolute atomic E-state index is 0.740. The molecular formula is C16H32N2. The fourth-order valence-electron chi connectivity index (χ4n) is 4.03. The van der Waals surface area contributed by atoms with Gasteiger partial charge in [0.05, 0.1) is 0 Å². The Morgan fingerprint density at radius 2 is 1.67 bits per heavy atom. The van der Waals surface area contributed by atoms with Crippen molar-refractivity contribution in [3.05, 3.63) is 0 Å². The van der Waals surface area contributed by atoms with Crippen LogP contribution in [0.5, 0.6) is 0 Å². The first-order valence-electron chi connectivity index (χ1n) is 8.12. The summed E-state index contributed by atoms with van der Waals surface area (Å²) in [4.78, 5) is 2.82. The van der Waals surface area contributed by atoms with Crippen LogP contribution >= 0.6 is 0 Å². The molecule has 1 saturated carbocycles. The number of nitrogens with zero attached hydrogens (tertiary/aromatic N) is 1. The molecule has 2 rings (SSSR count). The molecule has 0 spiro atoms. The minimum atomic E-state index is 0.740. The molecule has 3 atom stereocenters. The zero-order chi connectivity index (χ0) is 13.1. The van der Waals surface area contributed by atoms with Crippen molar-refractivity contribution in [2.75, 3.05) is 13.1 Å². The fraction of sp³-hybridized carbons (Fsp3) is 1.00. The lowest BCUT2D eigenvalue weighted by atomic mass is 9.81. The van der Waals surface area contributed by atoms with Gasteiger partial charge in [-0.15, -0.1) is 0 Å². The molecule has 0 radical (unpaired) electrons. The summed E-state index contributed by atoms with van der Waals surface area (Å²) in [6, 6.07) is 2.37. The van der Waals surface area contributed by atoms with Crippen molar-refractivity contribution in [2.45, 2.75) is 77.9 Å². The molecule has 0 aromatic rings. The molecule has 2 fully saturated rings. The highest BCUT2D eigenvalue weighted by Gasteiger charge is 2.36. The third kappa shape index (κ3) is 3.08. The smallest absolute Gasteiger partial charge is 0.0120 e. The molecule has 0 bridgehead atoms. The Morgan fingerprint density at radius 3 is 2.28 bits per heavy atom. The molecule has 2 heteroatoms. The molecule has 2 aliphatic rings. The van der Waals surface area contributed by atoms with E-state index in [-0.39, 0.29) is 0 Å². The van der Waals surface area contributed by atoms with E-state index < -0.39 is 0 Å². The van der Waals surface area contributed by atoms with Crippen LogP contribution in [0.4, 0.5) is 0 Å². The minimum Gasteiger partial charge on any atom is -0.314 e.